The topological polar surface area (TPSA) is 93.5 Å². The fourth-order valence-corrected chi connectivity index (χ4v) is 2.16. The van der Waals surface area contributed by atoms with E-state index in [4.69, 9.17) is 17.0 Å². The normalized spacial score (nSPS) is 14.0. The number of carbonyl (C=O) groups excluding carboxylic acids is 1. The molecule has 0 saturated heterocycles. The Morgan fingerprint density at radius 1 is 1.48 bits per heavy atom. The Hall–Kier alpha value is -2.22. The van der Waals surface area contributed by atoms with Crippen molar-refractivity contribution in [3.8, 4) is 5.75 Å². The Kier molecular flexibility index (Phi) is 4.69. The van der Waals surface area contributed by atoms with Gasteiger partial charge in [-0.05, 0) is 31.1 Å². The van der Waals surface area contributed by atoms with Crippen LogP contribution >= 0.6 is 12.2 Å². The van der Waals surface area contributed by atoms with Crippen molar-refractivity contribution in [2.45, 2.75) is 19.3 Å². The van der Waals surface area contributed by atoms with Gasteiger partial charge in [-0.1, -0.05) is 6.42 Å². The second-order valence-corrected chi connectivity index (χ2v) is 5.12. The van der Waals surface area contributed by atoms with E-state index in [1.807, 2.05) is 0 Å². The second-order valence-electron chi connectivity index (χ2n) is 4.71. The van der Waals surface area contributed by atoms with Gasteiger partial charge in [-0.25, -0.2) is 0 Å². The number of nitrogens with one attached hydrogen (secondary N) is 2. The van der Waals surface area contributed by atoms with Crippen molar-refractivity contribution >= 4 is 34.6 Å². The first-order valence-electron chi connectivity index (χ1n) is 6.45. The molecule has 1 aliphatic carbocycles. The van der Waals surface area contributed by atoms with Crippen molar-refractivity contribution < 1.29 is 14.5 Å². The molecule has 7 nitrogen and oxygen atoms in total. The van der Waals surface area contributed by atoms with E-state index in [9.17, 15) is 14.9 Å². The summed E-state index contributed by atoms with van der Waals surface area (Å²) in [5.41, 5.74) is 0.247. The zero-order chi connectivity index (χ0) is 15.4. The van der Waals surface area contributed by atoms with E-state index in [1.54, 1.807) is 0 Å². The summed E-state index contributed by atoms with van der Waals surface area (Å²) in [5, 5.41) is 16.2. The van der Waals surface area contributed by atoms with Gasteiger partial charge in [-0.3, -0.25) is 14.9 Å². The number of methoxy groups -OCH3 is 1. The lowest BCUT2D eigenvalue weighted by atomic mass is 9.85. The van der Waals surface area contributed by atoms with Gasteiger partial charge in [0.2, 0.25) is 5.91 Å². The lowest BCUT2D eigenvalue weighted by Gasteiger charge is -2.24. The number of nitro groups is 1. The number of carbonyl (C=O) groups is 1. The van der Waals surface area contributed by atoms with Crippen LogP contribution in [0.5, 0.6) is 5.75 Å². The number of non-ortho nitro benzene ring substituents is 1. The van der Waals surface area contributed by atoms with Crippen molar-refractivity contribution in [3.63, 3.8) is 0 Å². The minimum Gasteiger partial charge on any atom is -0.495 e. The first kappa shape index (κ1) is 15.2. The molecule has 0 aliphatic heterocycles. The quantitative estimate of drug-likeness (QED) is 0.503. The van der Waals surface area contributed by atoms with Crippen LogP contribution in [0.4, 0.5) is 11.4 Å². The highest BCUT2D eigenvalue weighted by Gasteiger charge is 2.25. The minimum absolute atomic E-state index is 0.0109. The molecule has 112 valence electrons. The van der Waals surface area contributed by atoms with Crippen LogP contribution in [0.15, 0.2) is 18.2 Å². The van der Waals surface area contributed by atoms with Crippen molar-refractivity contribution in [2.24, 2.45) is 5.92 Å². The highest BCUT2D eigenvalue weighted by molar-refractivity contribution is 7.80. The molecule has 1 saturated carbocycles. The van der Waals surface area contributed by atoms with Crippen LogP contribution in [0.1, 0.15) is 19.3 Å². The third kappa shape index (κ3) is 3.66. The summed E-state index contributed by atoms with van der Waals surface area (Å²) in [5.74, 6) is 0.292. The van der Waals surface area contributed by atoms with E-state index < -0.39 is 4.92 Å². The van der Waals surface area contributed by atoms with Gasteiger partial charge in [0.05, 0.1) is 17.7 Å². The standard InChI is InChI=1S/C13H15N3O4S/c1-20-11-6-5-9(16(18)19)7-10(11)14-13(21)15-12(17)8-3-2-4-8/h5-8H,2-4H2,1H3,(H2,14,15,17,21). The van der Waals surface area contributed by atoms with Crippen LogP contribution in [0.2, 0.25) is 0 Å². The largest absolute Gasteiger partial charge is 0.495 e. The minimum atomic E-state index is -0.513. The lowest BCUT2D eigenvalue weighted by molar-refractivity contribution is -0.384. The van der Waals surface area contributed by atoms with E-state index in [0.29, 0.717) is 11.4 Å². The molecule has 2 N–H and O–H groups in total. The summed E-state index contributed by atoms with van der Waals surface area (Å²) < 4.78 is 5.11. The average Bonchev–Trinajstić information content (AvgIpc) is 2.35. The zero-order valence-electron chi connectivity index (χ0n) is 11.4. The van der Waals surface area contributed by atoms with Gasteiger partial charge >= 0.3 is 0 Å². The number of anilines is 1. The fourth-order valence-electron chi connectivity index (χ4n) is 1.95. The summed E-state index contributed by atoms with van der Waals surface area (Å²) in [7, 11) is 1.45. The van der Waals surface area contributed by atoms with E-state index in [2.05, 4.69) is 10.6 Å². The molecule has 1 aromatic carbocycles. The van der Waals surface area contributed by atoms with Crippen LogP contribution in [-0.2, 0) is 4.79 Å². The third-order valence-electron chi connectivity index (χ3n) is 3.35. The SMILES string of the molecule is COc1ccc([N+](=O)[O-])cc1NC(=S)NC(=O)C1CCC1. The third-order valence-corrected chi connectivity index (χ3v) is 3.56. The maximum Gasteiger partial charge on any atom is 0.271 e. The molecule has 1 fully saturated rings. The number of benzene rings is 1. The van der Waals surface area contributed by atoms with Crippen LogP contribution in [0, 0.1) is 16.0 Å². The molecule has 0 spiro atoms. The second kappa shape index (κ2) is 6.49. The molecule has 1 amide bonds. The molecule has 0 radical (unpaired) electrons. The molecule has 1 aromatic rings. The molecule has 0 atom stereocenters. The highest BCUT2D eigenvalue weighted by atomic mass is 32.1. The molecule has 21 heavy (non-hydrogen) atoms. The maximum absolute atomic E-state index is 11.8. The number of hydrogen-bond acceptors (Lipinski definition) is 5. The number of nitrogens with zero attached hydrogens (tertiary/aromatic N) is 1. The Bertz CT molecular complexity index is 587. The summed E-state index contributed by atoms with van der Waals surface area (Å²) in [6, 6.07) is 4.11. The zero-order valence-corrected chi connectivity index (χ0v) is 12.2. The van der Waals surface area contributed by atoms with Gasteiger partial charge in [-0.15, -0.1) is 0 Å². The molecule has 2 rings (SSSR count). The Morgan fingerprint density at radius 3 is 2.71 bits per heavy atom. The van der Waals surface area contributed by atoms with Crippen molar-refractivity contribution in [1.29, 1.82) is 0 Å². The van der Waals surface area contributed by atoms with Gasteiger partial charge in [0, 0.05) is 18.1 Å². The summed E-state index contributed by atoms with van der Waals surface area (Å²) >= 11 is 5.05. The summed E-state index contributed by atoms with van der Waals surface area (Å²) in [6.45, 7) is 0. The number of hydrogen-bond donors (Lipinski definition) is 2. The molecular formula is C13H15N3O4S. The van der Waals surface area contributed by atoms with Crippen LogP contribution in [-0.4, -0.2) is 23.1 Å². The van der Waals surface area contributed by atoms with Gasteiger partial charge in [-0.2, -0.15) is 0 Å². The van der Waals surface area contributed by atoms with Gasteiger partial charge in [0.15, 0.2) is 5.11 Å². The number of amides is 1. The fraction of sp³-hybridized carbons (Fsp3) is 0.385. The smallest absolute Gasteiger partial charge is 0.271 e. The van der Waals surface area contributed by atoms with Crippen LogP contribution in [0.25, 0.3) is 0 Å². The van der Waals surface area contributed by atoms with Crippen LogP contribution in [0.3, 0.4) is 0 Å². The molecular weight excluding hydrogens is 294 g/mol. The predicted molar refractivity (Wildman–Crippen MR) is 81.4 cm³/mol. The molecule has 0 unspecified atom stereocenters. The first-order valence-corrected chi connectivity index (χ1v) is 6.86. The Balaban J connectivity index is 2.06. The van der Waals surface area contributed by atoms with Gasteiger partial charge in [0.1, 0.15) is 5.75 Å². The lowest BCUT2D eigenvalue weighted by Crippen LogP contribution is -2.40. The molecule has 8 heteroatoms. The summed E-state index contributed by atoms with van der Waals surface area (Å²) in [6.07, 6.45) is 2.79. The van der Waals surface area contributed by atoms with Gasteiger partial charge in [0.25, 0.3) is 5.69 Å². The molecule has 0 bridgehead atoms. The van der Waals surface area contributed by atoms with Crippen molar-refractivity contribution in [1.82, 2.24) is 5.32 Å². The van der Waals surface area contributed by atoms with E-state index in [1.165, 1.54) is 25.3 Å². The van der Waals surface area contributed by atoms with Crippen molar-refractivity contribution in [2.75, 3.05) is 12.4 Å². The van der Waals surface area contributed by atoms with E-state index in [-0.39, 0.29) is 22.6 Å². The molecule has 0 aromatic heterocycles. The number of ether oxygens (including phenoxy) is 1. The van der Waals surface area contributed by atoms with E-state index in [0.717, 1.165) is 19.3 Å². The van der Waals surface area contributed by atoms with Crippen molar-refractivity contribution in [3.05, 3.63) is 28.3 Å². The van der Waals surface area contributed by atoms with E-state index >= 15 is 0 Å². The predicted octanol–water partition coefficient (Wildman–Crippen LogP) is 2.22. The first-order chi connectivity index (χ1) is 10.0. The Morgan fingerprint density at radius 2 is 2.19 bits per heavy atom. The molecule has 0 heterocycles. The summed E-state index contributed by atoms with van der Waals surface area (Å²) in [4.78, 5) is 22.1. The highest BCUT2D eigenvalue weighted by Crippen LogP contribution is 2.29. The monoisotopic (exact) mass is 309 g/mol. The number of rotatable bonds is 4. The molecule has 1 aliphatic rings. The number of thiocarbonyl (C=S) groups is 1. The number of nitro benzene ring substituents is 1. The Labute approximate surface area is 126 Å². The van der Waals surface area contributed by atoms with Crippen LogP contribution < -0.4 is 15.4 Å². The maximum atomic E-state index is 11.8. The van der Waals surface area contributed by atoms with Gasteiger partial charge < -0.3 is 15.4 Å². The average molecular weight is 309 g/mol.